The third-order valence-corrected chi connectivity index (χ3v) is 5.00. The monoisotopic (exact) mass is 411 g/mol. The minimum Gasteiger partial charge on any atom is -0.462 e. The maximum absolute atomic E-state index is 12.0. The molecular formula is C17H18BrNO4S. The molecule has 0 aliphatic rings. The lowest BCUT2D eigenvalue weighted by molar-refractivity contribution is 0.0514. The zero-order valence-corrected chi connectivity index (χ0v) is 16.1. The van der Waals surface area contributed by atoms with E-state index in [9.17, 15) is 9.59 Å². The molecule has 0 N–H and O–H groups in total. The lowest BCUT2D eigenvalue weighted by Gasteiger charge is -2.06. The number of ether oxygens (including phenoxy) is 2. The van der Waals surface area contributed by atoms with E-state index in [-0.39, 0.29) is 11.7 Å². The van der Waals surface area contributed by atoms with Gasteiger partial charge in [-0.2, -0.15) is 0 Å². The number of carbonyl (C=O) groups is 2. The van der Waals surface area contributed by atoms with E-state index >= 15 is 0 Å². The Bertz CT molecular complexity index is 757. The van der Waals surface area contributed by atoms with E-state index in [2.05, 4.69) is 20.9 Å². The zero-order chi connectivity index (χ0) is 17.7. The van der Waals surface area contributed by atoms with Gasteiger partial charge in [0.05, 0.1) is 18.9 Å². The number of carbonyl (C=O) groups excluding carboxylic acids is 2. The Hall–Kier alpha value is -1.73. The molecule has 24 heavy (non-hydrogen) atoms. The van der Waals surface area contributed by atoms with Crippen LogP contribution in [0.3, 0.4) is 0 Å². The van der Waals surface area contributed by atoms with Gasteiger partial charge in [0.25, 0.3) is 0 Å². The number of pyridine rings is 1. The minimum atomic E-state index is -0.458. The van der Waals surface area contributed by atoms with Gasteiger partial charge >= 0.3 is 11.9 Å². The second-order valence-corrected chi connectivity index (χ2v) is 6.54. The summed E-state index contributed by atoms with van der Waals surface area (Å²) >= 11 is 4.71. The third kappa shape index (κ3) is 4.21. The highest BCUT2D eigenvalue weighted by atomic mass is 79.9. The van der Waals surface area contributed by atoms with Crippen molar-refractivity contribution in [3.63, 3.8) is 0 Å². The standard InChI is InChI=1S/C17H18BrNO4S/c1-4-22-16(20)13-8-11(7-12(9-18)19-13)14-6-10(3)15(24-14)17(21)23-5-2/h6-8H,4-5,9H2,1-3H3. The first kappa shape index (κ1) is 18.6. The van der Waals surface area contributed by atoms with Crippen LogP contribution in [0.5, 0.6) is 0 Å². The number of hydrogen-bond donors (Lipinski definition) is 0. The number of esters is 2. The summed E-state index contributed by atoms with van der Waals surface area (Å²) in [6.07, 6.45) is 0. The molecule has 0 amide bonds. The van der Waals surface area contributed by atoms with Crippen LogP contribution in [0.15, 0.2) is 18.2 Å². The second-order valence-electron chi connectivity index (χ2n) is 4.93. The van der Waals surface area contributed by atoms with E-state index in [1.54, 1.807) is 19.9 Å². The number of thiophene rings is 1. The van der Waals surface area contributed by atoms with Crippen molar-refractivity contribution in [1.29, 1.82) is 0 Å². The fraction of sp³-hybridized carbons (Fsp3) is 0.353. The lowest BCUT2D eigenvalue weighted by atomic mass is 10.1. The van der Waals surface area contributed by atoms with E-state index in [0.717, 1.165) is 21.7 Å². The van der Waals surface area contributed by atoms with E-state index < -0.39 is 5.97 Å². The molecule has 2 heterocycles. The molecule has 0 spiro atoms. The molecule has 5 nitrogen and oxygen atoms in total. The molecule has 128 valence electrons. The van der Waals surface area contributed by atoms with Gasteiger partial charge in [0.1, 0.15) is 10.6 Å². The maximum Gasteiger partial charge on any atom is 0.356 e. The highest BCUT2D eigenvalue weighted by Gasteiger charge is 2.18. The van der Waals surface area contributed by atoms with E-state index in [1.165, 1.54) is 11.3 Å². The summed E-state index contributed by atoms with van der Waals surface area (Å²) < 4.78 is 10.1. The van der Waals surface area contributed by atoms with Crippen LogP contribution >= 0.6 is 27.3 Å². The van der Waals surface area contributed by atoms with Gasteiger partial charge in [0.2, 0.25) is 0 Å². The van der Waals surface area contributed by atoms with Gasteiger partial charge in [-0.3, -0.25) is 0 Å². The quantitative estimate of drug-likeness (QED) is 0.521. The third-order valence-electron chi connectivity index (χ3n) is 3.16. The average molecular weight is 412 g/mol. The van der Waals surface area contributed by atoms with Crippen LogP contribution in [0.1, 0.15) is 45.3 Å². The van der Waals surface area contributed by atoms with Crippen LogP contribution in [-0.2, 0) is 14.8 Å². The molecule has 2 aromatic rings. The Kier molecular flexibility index (Phi) is 6.51. The summed E-state index contributed by atoms with van der Waals surface area (Å²) in [6, 6.07) is 5.49. The fourth-order valence-corrected chi connectivity index (χ4v) is 3.47. The Morgan fingerprint density at radius 2 is 1.79 bits per heavy atom. The Labute approximate surface area is 153 Å². The topological polar surface area (TPSA) is 65.5 Å². The van der Waals surface area contributed by atoms with Crippen LogP contribution in [-0.4, -0.2) is 30.1 Å². The fourth-order valence-electron chi connectivity index (χ4n) is 2.13. The molecule has 0 aromatic carbocycles. The molecule has 0 saturated heterocycles. The Balaban J connectivity index is 2.44. The van der Waals surface area contributed by atoms with Gasteiger partial charge in [0.15, 0.2) is 0 Å². The molecule has 0 aliphatic heterocycles. The van der Waals surface area contributed by atoms with Crippen molar-refractivity contribution in [3.05, 3.63) is 40.0 Å². The molecule has 0 radical (unpaired) electrons. The summed E-state index contributed by atoms with van der Waals surface area (Å²) in [7, 11) is 0. The second kappa shape index (κ2) is 8.39. The summed E-state index contributed by atoms with van der Waals surface area (Å²) in [5.74, 6) is -0.785. The predicted molar refractivity (Wildman–Crippen MR) is 96.8 cm³/mol. The molecule has 2 aromatic heterocycles. The van der Waals surface area contributed by atoms with Gasteiger partial charge in [-0.15, -0.1) is 11.3 Å². The minimum absolute atomic E-state index is 0.257. The highest BCUT2D eigenvalue weighted by Crippen LogP contribution is 2.32. The number of aromatic nitrogens is 1. The molecule has 7 heteroatoms. The van der Waals surface area contributed by atoms with E-state index in [0.29, 0.717) is 23.4 Å². The van der Waals surface area contributed by atoms with E-state index in [1.807, 2.05) is 19.1 Å². The normalized spacial score (nSPS) is 10.5. The number of rotatable bonds is 6. The summed E-state index contributed by atoms with van der Waals surface area (Å²) in [5, 5.41) is 0.516. The van der Waals surface area contributed by atoms with Crippen molar-refractivity contribution < 1.29 is 19.1 Å². The maximum atomic E-state index is 12.0. The number of nitrogens with zero attached hydrogens (tertiary/aromatic N) is 1. The van der Waals surface area contributed by atoms with Crippen LogP contribution in [0.4, 0.5) is 0 Å². The van der Waals surface area contributed by atoms with Gasteiger partial charge in [-0.1, -0.05) is 15.9 Å². The average Bonchev–Trinajstić information content (AvgIpc) is 2.97. The van der Waals surface area contributed by atoms with Crippen molar-refractivity contribution in [2.24, 2.45) is 0 Å². The van der Waals surface area contributed by atoms with Crippen LogP contribution in [0.25, 0.3) is 10.4 Å². The smallest absolute Gasteiger partial charge is 0.356 e. The zero-order valence-electron chi connectivity index (χ0n) is 13.7. The Morgan fingerprint density at radius 1 is 1.12 bits per heavy atom. The molecule has 0 fully saturated rings. The first-order valence-electron chi connectivity index (χ1n) is 7.52. The van der Waals surface area contributed by atoms with Crippen molar-refractivity contribution in [1.82, 2.24) is 4.98 Å². The van der Waals surface area contributed by atoms with Crippen molar-refractivity contribution in [3.8, 4) is 10.4 Å². The SMILES string of the molecule is CCOC(=O)c1cc(-c2cc(C)c(C(=O)OCC)s2)cc(CBr)n1. The molecule has 0 unspecified atom stereocenters. The number of alkyl halides is 1. The van der Waals surface area contributed by atoms with E-state index in [4.69, 9.17) is 9.47 Å². The largest absolute Gasteiger partial charge is 0.462 e. The van der Waals surface area contributed by atoms with Crippen LogP contribution in [0.2, 0.25) is 0 Å². The lowest BCUT2D eigenvalue weighted by Crippen LogP contribution is -2.08. The number of halogens is 1. The summed E-state index contributed by atoms with van der Waals surface area (Å²) in [5.41, 5.74) is 2.65. The molecule has 0 bridgehead atoms. The molecule has 0 aliphatic carbocycles. The summed E-state index contributed by atoms with van der Waals surface area (Å²) in [6.45, 7) is 6.02. The molecule has 2 rings (SSSR count). The molecular weight excluding hydrogens is 394 g/mol. The highest BCUT2D eigenvalue weighted by molar-refractivity contribution is 9.08. The van der Waals surface area contributed by atoms with Gasteiger partial charge < -0.3 is 9.47 Å². The van der Waals surface area contributed by atoms with Crippen molar-refractivity contribution in [2.45, 2.75) is 26.1 Å². The van der Waals surface area contributed by atoms with Crippen molar-refractivity contribution in [2.75, 3.05) is 13.2 Å². The van der Waals surface area contributed by atoms with Crippen LogP contribution < -0.4 is 0 Å². The van der Waals surface area contributed by atoms with Crippen molar-refractivity contribution >= 4 is 39.2 Å². The Morgan fingerprint density at radius 3 is 2.42 bits per heavy atom. The first-order chi connectivity index (χ1) is 11.5. The van der Waals surface area contributed by atoms with Gasteiger partial charge in [-0.25, -0.2) is 14.6 Å². The van der Waals surface area contributed by atoms with Crippen LogP contribution in [0, 0.1) is 6.92 Å². The number of hydrogen-bond acceptors (Lipinski definition) is 6. The van der Waals surface area contributed by atoms with Gasteiger partial charge in [0, 0.05) is 10.2 Å². The molecule has 0 atom stereocenters. The predicted octanol–water partition coefficient (Wildman–Crippen LogP) is 4.37. The number of aryl methyl sites for hydroxylation is 1. The summed E-state index contributed by atoms with van der Waals surface area (Å²) in [4.78, 5) is 29.7. The first-order valence-corrected chi connectivity index (χ1v) is 9.45. The van der Waals surface area contributed by atoms with Gasteiger partial charge in [-0.05, 0) is 50.1 Å². The molecule has 0 saturated carbocycles.